The highest BCUT2D eigenvalue weighted by molar-refractivity contribution is 7.86. The van der Waals surface area contributed by atoms with Crippen molar-refractivity contribution in [2.24, 2.45) is 0 Å². The summed E-state index contributed by atoms with van der Waals surface area (Å²) in [7, 11) is -6.09. The van der Waals surface area contributed by atoms with E-state index in [1.165, 1.54) is 24.3 Å². The molecule has 0 aliphatic rings. The minimum atomic E-state index is -6.09. The Bertz CT molecular complexity index is 539. The molecule has 10 heteroatoms. The molecule has 0 atom stereocenters. The SMILES string of the molecule is O=S(=O)([O-])C(F)(F)F.[NH3+]CCC(=O)c1ccc(F)cc1. The van der Waals surface area contributed by atoms with E-state index in [4.69, 9.17) is 13.0 Å². The number of alkyl halides is 3. The van der Waals surface area contributed by atoms with Crippen molar-refractivity contribution in [1.82, 2.24) is 0 Å². The van der Waals surface area contributed by atoms with Gasteiger partial charge in [0.2, 0.25) is 0 Å². The highest BCUT2D eigenvalue weighted by Gasteiger charge is 2.36. The molecule has 0 saturated carbocycles. The summed E-state index contributed by atoms with van der Waals surface area (Å²) in [5.41, 5.74) is -1.52. The number of quaternary nitrogens is 1. The van der Waals surface area contributed by atoms with Crippen LogP contribution in [0.15, 0.2) is 24.3 Å². The molecule has 1 aromatic carbocycles. The van der Waals surface area contributed by atoms with Crippen LogP contribution in [0.25, 0.3) is 0 Å². The Labute approximate surface area is 112 Å². The number of rotatable bonds is 3. The van der Waals surface area contributed by atoms with E-state index < -0.39 is 15.6 Å². The molecule has 20 heavy (non-hydrogen) atoms. The van der Waals surface area contributed by atoms with E-state index in [2.05, 4.69) is 5.73 Å². The lowest BCUT2D eigenvalue weighted by Crippen LogP contribution is -2.50. The van der Waals surface area contributed by atoms with Crippen LogP contribution in [-0.4, -0.2) is 30.8 Å². The highest BCUT2D eigenvalue weighted by atomic mass is 32.2. The van der Waals surface area contributed by atoms with Gasteiger partial charge in [-0.3, -0.25) is 4.79 Å². The smallest absolute Gasteiger partial charge is 0.485 e. The van der Waals surface area contributed by atoms with Crippen molar-refractivity contribution >= 4 is 15.9 Å². The number of hydrogen-bond acceptors (Lipinski definition) is 4. The number of ketones is 1. The molecule has 1 aromatic rings. The van der Waals surface area contributed by atoms with Gasteiger partial charge in [-0.2, -0.15) is 13.2 Å². The minimum Gasteiger partial charge on any atom is -0.741 e. The van der Waals surface area contributed by atoms with Crippen LogP contribution in [0.4, 0.5) is 17.6 Å². The van der Waals surface area contributed by atoms with E-state index in [0.717, 1.165) is 0 Å². The topological polar surface area (TPSA) is 102 Å². The molecule has 0 bridgehead atoms. The van der Waals surface area contributed by atoms with Gasteiger partial charge in [0.25, 0.3) is 0 Å². The Morgan fingerprint density at radius 3 is 1.90 bits per heavy atom. The van der Waals surface area contributed by atoms with Crippen LogP contribution in [-0.2, 0) is 10.1 Å². The number of hydrogen-bond donors (Lipinski definition) is 1. The number of benzene rings is 1. The van der Waals surface area contributed by atoms with Gasteiger partial charge in [-0.15, -0.1) is 0 Å². The number of halogens is 4. The standard InChI is InChI=1S/C9H10FNO.CHF3O3S/c10-8-3-1-7(2-4-8)9(12)5-6-11;2-1(3,4)8(5,6)7/h1-4H,5-6,11H2;(H,5,6,7). The monoisotopic (exact) mass is 317 g/mol. The van der Waals surface area contributed by atoms with Gasteiger partial charge in [0.05, 0.1) is 13.0 Å². The molecule has 3 N–H and O–H groups in total. The number of carbonyl (C=O) groups is 1. The summed E-state index contributed by atoms with van der Waals surface area (Å²) in [6.07, 6.45) is 0.422. The fourth-order valence-corrected chi connectivity index (χ4v) is 0.941. The van der Waals surface area contributed by atoms with Crippen LogP contribution in [0.5, 0.6) is 0 Å². The molecule has 0 aromatic heterocycles. The predicted octanol–water partition coefficient (Wildman–Crippen LogP) is 0.692. The molecule has 0 spiro atoms. The second kappa shape index (κ2) is 7.31. The fraction of sp³-hybridized carbons (Fsp3) is 0.300. The Morgan fingerprint density at radius 1 is 1.20 bits per heavy atom. The van der Waals surface area contributed by atoms with Gasteiger partial charge < -0.3 is 10.3 Å². The summed E-state index contributed by atoms with van der Waals surface area (Å²) in [5, 5.41) is 0. The molecule has 0 saturated heterocycles. The maximum Gasteiger partial charge on any atom is 0.485 e. The van der Waals surface area contributed by atoms with E-state index in [0.29, 0.717) is 18.5 Å². The second-order valence-electron chi connectivity index (χ2n) is 3.43. The number of carbonyl (C=O) groups excluding carboxylic acids is 1. The van der Waals surface area contributed by atoms with Crippen molar-refractivity contribution in [2.45, 2.75) is 11.9 Å². The summed E-state index contributed by atoms with van der Waals surface area (Å²) >= 11 is 0. The average molecular weight is 317 g/mol. The van der Waals surface area contributed by atoms with Gasteiger partial charge >= 0.3 is 5.51 Å². The fourth-order valence-electron chi connectivity index (χ4n) is 0.941. The third-order valence-corrected chi connectivity index (χ3v) is 2.42. The van der Waals surface area contributed by atoms with Gasteiger partial charge in [-0.05, 0) is 24.3 Å². The lowest BCUT2D eigenvalue weighted by Gasteiger charge is -2.08. The number of Topliss-reactive ketones (excluding diaryl/α,β-unsaturated/α-hetero) is 1. The predicted molar refractivity (Wildman–Crippen MR) is 58.9 cm³/mol. The zero-order chi connectivity index (χ0) is 16.0. The molecule has 114 valence electrons. The van der Waals surface area contributed by atoms with Crippen LogP contribution >= 0.6 is 0 Å². The third kappa shape index (κ3) is 6.59. The molecule has 0 fully saturated rings. The normalized spacial score (nSPS) is 11.5. The van der Waals surface area contributed by atoms with Crippen molar-refractivity contribution in [3.05, 3.63) is 35.6 Å². The van der Waals surface area contributed by atoms with Gasteiger partial charge in [-0.25, -0.2) is 12.8 Å². The molecule has 0 aliphatic carbocycles. The van der Waals surface area contributed by atoms with Crippen LogP contribution in [0, 0.1) is 5.82 Å². The van der Waals surface area contributed by atoms with Crippen molar-refractivity contribution in [3.63, 3.8) is 0 Å². The Kier molecular flexibility index (Phi) is 6.76. The quantitative estimate of drug-likeness (QED) is 0.383. The highest BCUT2D eigenvalue weighted by Crippen LogP contribution is 2.20. The van der Waals surface area contributed by atoms with Crippen molar-refractivity contribution in [3.8, 4) is 0 Å². The van der Waals surface area contributed by atoms with Crippen molar-refractivity contribution < 1.29 is 41.1 Å². The summed E-state index contributed by atoms with van der Waals surface area (Å²) in [6, 6.07) is 5.56. The molecular formula is C10H11F4NO4S. The maximum atomic E-state index is 12.4. The van der Waals surface area contributed by atoms with Crippen molar-refractivity contribution in [2.75, 3.05) is 6.54 Å². The van der Waals surface area contributed by atoms with Gasteiger partial charge in [-0.1, -0.05) is 0 Å². The maximum absolute atomic E-state index is 12.4. The van der Waals surface area contributed by atoms with E-state index >= 15 is 0 Å². The van der Waals surface area contributed by atoms with E-state index in [1.54, 1.807) is 0 Å². The molecular weight excluding hydrogens is 306 g/mol. The van der Waals surface area contributed by atoms with Crippen LogP contribution in [0.1, 0.15) is 16.8 Å². The lowest BCUT2D eigenvalue weighted by atomic mass is 10.1. The summed E-state index contributed by atoms with van der Waals surface area (Å²) < 4.78 is 71.3. The largest absolute Gasteiger partial charge is 0.741 e. The third-order valence-electron chi connectivity index (χ3n) is 1.85. The first-order valence-electron chi connectivity index (χ1n) is 5.09. The van der Waals surface area contributed by atoms with Gasteiger partial charge in [0, 0.05) is 5.56 Å². The zero-order valence-electron chi connectivity index (χ0n) is 9.98. The molecule has 0 radical (unpaired) electrons. The molecule has 0 amide bonds. The van der Waals surface area contributed by atoms with E-state index in [1.807, 2.05) is 0 Å². The van der Waals surface area contributed by atoms with Gasteiger partial charge in [0.1, 0.15) is 5.82 Å². The van der Waals surface area contributed by atoms with Crippen LogP contribution < -0.4 is 5.73 Å². The second-order valence-corrected chi connectivity index (χ2v) is 4.80. The van der Waals surface area contributed by atoms with Gasteiger partial charge in [0.15, 0.2) is 15.9 Å². The first kappa shape index (κ1) is 18.5. The van der Waals surface area contributed by atoms with Crippen molar-refractivity contribution in [1.29, 1.82) is 0 Å². The molecule has 0 heterocycles. The van der Waals surface area contributed by atoms with E-state index in [9.17, 15) is 22.4 Å². The average Bonchev–Trinajstić information content (AvgIpc) is 2.28. The molecule has 0 unspecified atom stereocenters. The first-order chi connectivity index (χ1) is 8.99. The Hall–Kier alpha value is -1.52. The summed E-state index contributed by atoms with van der Waals surface area (Å²) in [4.78, 5) is 11.2. The molecule has 0 aliphatic heterocycles. The van der Waals surface area contributed by atoms with Crippen LogP contribution in [0.3, 0.4) is 0 Å². The first-order valence-corrected chi connectivity index (χ1v) is 6.50. The Morgan fingerprint density at radius 2 is 1.60 bits per heavy atom. The van der Waals surface area contributed by atoms with Crippen LogP contribution in [0.2, 0.25) is 0 Å². The van der Waals surface area contributed by atoms with E-state index in [-0.39, 0.29) is 11.6 Å². The molecule has 1 rings (SSSR count). The lowest BCUT2D eigenvalue weighted by molar-refractivity contribution is -0.365. The Balaban J connectivity index is 0.000000396. The zero-order valence-corrected chi connectivity index (χ0v) is 10.8. The molecule has 5 nitrogen and oxygen atoms in total. The summed E-state index contributed by atoms with van der Waals surface area (Å²) in [6.45, 7) is 0.580. The minimum absolute atomic E-state index is 0.0185. The summed E-state index contributed by atoms with van der Waals surface area (Å²) in [5.74, 6) is -0.300.